The molecule has 1 aromatic heterocycles. The highest BCUT2D eigenvalue weighted by atomic mass is 32.2. The number of rotatable bonds is 6. The molecule has 7 heteroatoms. The van der Waals surface area contributed by atoms with Crippen molar-refractivity contribution in [3.05, 3.63) is 30.1 Å². The lowest BCUT2D eigenvalue weighted by molar-refractivity contribution is -0.121. The van der Waals surface area contributed by atoms with Gasteiger partial charge in [0.25, 0.3) is 0 Å². The molecule has 0 atom stereocenters. The fourth-order valence-electron chi connectivity index (χ4n) is 1.78. The number of pyridine rings is 1. The van der Waals surface area contributed by atoms with Crippen molar-refractivity contribution in [1.82, 2.24) is 14.6 Å². The Hall–Kier alpha value is -1.47. The number of nitrogens with one attached hydrogen (secondary N) is 1. The highest BCUT2D eigenvalue weighted by Crippen LogP contribution is 2.28. The molecule has 6 nitrogen and oxygen atoms in total. The molecule has 1 aliphatic rings. The van der Waals surface area contributed by atoms with Crippen molar-refractivity contribution < 1.29 is 13.2 Å². The predicted molar refractivity (Wildman–Crippen MR) is 70.7 cm³/mol. The molecule has 2 rings (SSSR count). The zero-order valence-electron chi connectivity index (χ0n) is 10.7. The first-order chi connectivity index (χ1) is 8.97. The van der Waals surface area contributed by atoms with Crippen LogP contribution in [0.5, 0.6) is 0 Å². The maximum Gasteiger partial charge on any atom is 0.235 e. The van der Waals surface area contributed by atoms with Crippen LogP contribution < -0.4 is 5.32 Å². The Kier molecular flexibility index (Phi) is 4.16. The number of hydrogen-bond donors (Lipinski definition) is 1. The van der Waals surface area contributed by atoms with Crippen molar-refractivity contribution in [3.63, 3.8) is 0 Å². The van der Waals surface area contributed by atoms with Gasteiger partial charge in [-0.05, 0) is 24.5 Å². The van der Waals surface area contributed by atoms with Gasteiger partial charge in [0.2, 0.25) is 15.9 Å². The normalized spacial score (nSPS) is 15.5. The van der Waals surface area contributed by atoms with Crippen molar-refractivity contribution >= 4 is 15.9 Å². The van der Waals surface area contributed by atoms with Crippen LogP contribution in [0.4, 0.5) is 0 Å². The molecule has 0 bridgehead atoms. The minimum absolute atomic E-state index is 0.000794. The third kappa shape index (κ3) is 4.29. The Morgan fingerprint density at radius 1 is 1.53 bits per heavy atom. The number of carbonyl (C=O) groups excluding carboxylic acids is 1. The largest absolute Gasteiger partial charge is 0.351 e. The molecule has 0 aliphatic heterocycles. The van der Waals surface area contributed by atoms with Gasteiger partial charge < -0.3 is 5.32 Å². The van der Waals surface area contributed by atoms with E-state index < -0.39 is 10.0 Å². The Bertz CT molecular complexity index is 541. The van der Waals surface area contributed by atoms with E-state index in [1.807, 2.05) is 6.07 Å². The number of aromatic nitrogens is 1. The lowest BCUT2D eigenvalue weighted by Crippen LogP contribution is -2.41. The van der Waals surface area contributed by atoms with Crippen molar-refractivity contribution in [2.45, 2.75) is 25.4 Å². The van der Waals surface area contributed by atoms with Gasteiger partial charge in [-0.1, -0.05) is 6.07 Å². The van der Waals surface area contributed by atoms with Crippen LogP contribution >= 0.6 is 0 Å². The molecule has 1 aromatic rings. The summed E-state index contributed by atoms with van der Waals surface area (Å²) in [6, 6.07) is 3.64. The zero-order chi connectivity index (χ0) is 13.9. The molecule has 0 spiro atoms. The number of carbonyl (C=O) groups is 1. The summed E-state index contributed by atoms with van der Waals surface area (Å²) in [6.45, 7) is 0.249. The molecule has 1 N–H and O–H groups in total. The fourth-order valence-corrected chi connectivity index (χ4v) is 2.88. The van der Waals surface area contributed by atoms with Crippen LogP contribution in [0.1, 0.15) is 18.4 Å². The summed E-state index contributed by atoms with van der Waals surface area (Å²) in [5.74, 6) is -0.291. The molecule has 1 saturated carbocycles. The van der Waals surface area contributed by atoms with E-state index in [2.05, 4.69) is 10.3 Å². The summed E-state index contributed by atoms with van der Waals surface area (Å²) in [6.07, 6.45) is 6.13. The molecule has 0 aromatic carbocycles. The van der Waals surface area contributed by atoms with Crippen LogP contribution in [-0.4, -0.2) is 42.5 Å². The fraction of sp³-hybridized carbons (Fsp3) is 0.500. The molecule has 19 heavy (non-hydrogen) atoms. The van der Waals surface area contributed by atoms with Gasteiger partial charge in [0, 0.05) is 25.0 Å². The lowest BCUT2D eigenvalue weighted by Gasteiger charge is -2.18. The summed E-state index contributed by atoms with van der Waals surface area (Å²) in [5, 5.41) is 2.70. The second kappa shape index (κ2) is 5.66. The number of sulfonamides is 1. The van der Waals surface area contributed by atoms with Gasteiger partial charge >= 0.3 is 0 Å². The molecule has 0 saturated heterocycles. The van der Waals surface area contributed by atoms with Crippen LogP contribution in [0.2, 0.25) is 0 Å². The van der Waals surface area contributed by atoms with E-state index in [1.165, 1.54) is 4.31 Å². The van der Waals surface area contributed by atoms with Crippen LogP contribution in [0.15, 0.2) is 24.5 Å². The van der Waals surface area contributed by atoms with Gasteiger partial charge in [-0.15, -0.1) is 0 Å². The van der Waals surface area contributed by atoms with E-state index in [1.54, 1.807) is 18.5 Å². The van der Waals surface area contributed by atoms with E-state index >= 15 is 0 Å². The monoisotopic (exact) mass is 283 g/mol. The molecule has 104 valence electrons. The quantitative estimate of drug-likeness (QED) is 0.804. The van der Waals surface area contributed by atoms with Gasteiger partial charge in [-0.2, -0.15) is 4.31 Å². The SMILES string of the molecule is CS(=O)(=O)N(CC(=O)NCc1cccnc1)C1CC1. The highest BCUT2D eigenvalue weighted by molar-refractivity contribution is 7.88. The Labute approximate surface area is 112 Å². The standard InChI is InChI=1S/C12H17N3O3S/c1-19(17,18)15(11-4-5-11)9-12(16)14-8-10-3-2-6-13-7-10/h2-3,6-7,11H,4-5,8-9H2,1H3,(H,14,16). The Balaban J connectivity index is 1.86. The summed E-state index contributed by atoms with van der Waals surface area (Å²) < 4.78 is 24.4. The molecular weight excluding hydrogens is 266 g/mol. The second-order valence-corrected chi connectivity index (χ2v) is 6.61. The smallest absolute Gasteiger partial charge is 0.235 e. The first-order valence-electron chi connectivity index (χ1n) is 6.09. The van der Waals surface area contributed by atoms with Crippen LogP contribution in [0.3, 0.4) is 0 Å². The molecule has 0 unspecified atom stereocenters. The van der Waals surface area contributed by atoms with E-state index in [0.29, 0.717) is 6.54 Å². The summed E-state index contributed by atoms with van der Waals surface area (Å²) in [7, 11) is -3.32. The third-order valence-corrected chi connectivity index (χ3v) is 4.17. The summed E-state index contributed by atoms with van der Waals surface area (Å²) in [4.78, 5) is 15.7. The zero-order valence-corrected chi connectivity index (χ0v) is 11.6. The second-order valence-electron chi connectivity index (χ2n) is 4.68. The average molecular weight is 283 g/mol. The minimum Gasteiger partial charge on any atom is -0.351 e. The number of amides is 1. The van der Waals surface area contributed by atoms with E-state index in [4.69, 9.17) is 0 Å². The van der Waals surface area contributed by atoms with E-state index in [9.17, 15) is 13.2 Å². The van der Waals surface area contributed by atoms with E-state index in [-0.39, 0.29) is 18.5 Å². The first kappa shape index (κ1) is 14.0. The minimum atomic E-state index is -3.32. The number of nitrogens with zero attached hydrogens (tertiary/aromatic N) is 2. The van der Waals surface area contributed by atoms with Gasteiger partial charge in [0.1, 0.15) is 0 Å². The van der Waals surface area contributed by atoms with Crippen molar-refractivity contribution in [1.29, 1.82) is 0 Å². The third-order valence-electron chi connectivity index (χ3n) is 2.89. The molecule has 1 amide bonds. The van der Waals surface area contributed by atoms with Crippen molar-refractivity contribution in [2.75, 3.05) is 12.8 Å². The van der Waals surface area contributed by atoms with Gasteiger partial charge in [0.15, 0.2) is 0 Å². The van der Waals surface area contributed by atoms with Gasteiger partial charge in [-0.25, -0.2) is 8.42 Å². The molecule has 1 fully saturated rings. The molecule has 1 aliphatic carbocycles. The number of hydrogen-bond acceptors (Lipinski definition) is 4. The first-order valence-corrected chi connectivity index (χ1v) is 7.94. The predicted octanol–water partition coefficient (Wildman–Crippen LogP) is 0.122. The maximum atomic E-state index is 11.8. The van der Waals surface area contributed by atoms with Gasteiger partial charge in [-0.3, -0.25) is 9.78 Å². The lowest BCUT2D eigenvalue weighted by atomic mass is 10.3. The van der Waals surface area contributed by atoms with Crippen LogP contribution in [-0.2, 0) is 21.4 Å². The molecule has 1 heterocycles. The van der Waals surface area contributed by atoms with Crippen molar-refractivity contribution in [2.24, 2.45) is 0 Å². The Morgan fingerprint density at radius 2 is 2.26 bits per heavy atom. The maximum absolute atomic E-state index is 11.8. The molecule has 0 radical (unpaired) electrons. The van der Waals surface area contributed by atoms with Crippen molar-refractivity contribution in [3.8, 4) is 0 Å². The van der Waals surface area contributed by atoms with E-state index in [0.717, 1.165) is 24.7 Å². The topological polar surface area (TPSA) is 79.4 Å². The Morgan fingerprint density at radius 3 is 2.79 bits per heavy atom. The van der Waals surface area contributed by atoms with Crippen LogP contribution in [0, 0.1) is 0 Å². The van der Waals surface area contributed by atoms with Gasteiger partial charge in [0.05, 0.1) is 12.8 Å². The highest BCUT2D eigenvalue weighted by Gasteiger charge is 2.36. The van der Waals surface area contributed by atoms with Crippen LogP contribution in [0.25, 0.3) is 0 Å². The summed E-state index contributed by atoms with van der Waals surface area (Å²) >= 11 is 0. The molecular formula is C12H17N3O3S. The summed E-state index contributed by atoms with van der Waals surface area (Å²) in [5.41, 5.74) is 0.883. The average Bonchev–Trinajstić information content (AvgIpc) is 3.17.